The Morgan fingerprint density at radius 3 is 2.92 bits per heavy atom. The van der Waals surface area contributed by atoms with Crippen molar-refractivity contribution < 1.29 is 9.47 Å². The second-order valence-corrected chi connectivity index (χ2v) is 3.90. The molecule has 4 heteroatoms. The number of ether oxygens (including phenoxy) is 2. The first-order chi connectivity index (χ1) is 6.31. The number of hydrogen-bond donors (Lipinski definition) is 0. The topological polar surface area (TPSA) is 31.4 Å². The SMILES string of the molecule is COc1ncc(Br)cc1C1COC1. The number of methoxy groups -OCH3 is 1. The highest BCUT2D eigenvalue weighted by Crippen LogP contribution is 2.31. The second kappa shape index (κ2) is 3.64. The van der Waals surface area contributed by atoms with Gasteiger partial charge in [-0.2, -0.15) is 0 Å². The number of pyridine rings is 1. The molecule has 0 aliphatic carbocycles. The smallest absolute Gasteiger partial charge is 0.216 e. The summed E-state index contributed by atoms with van der Waals surface area (Å²) in [4.78, 5) is 4.17. The van der Waals surface area contributed by atoms with Crippen molar-refractivity contribution in [2.45, 2.75) is 5.92 Å². The zero-order valence-corrected chi connectivity index (χ0v) is 8.87. The molecule has 0 amide bonds. The van der Waals surface area contributed by atoms with E-state index in [1.54, 1.807) is 13.3 Å². The molecule has 0 radical (unpaired) electrons. The van der Waals surface area contributed by atoms with E-state index in [2.05, 4.69) is 20.9 Å². The van der Waals surface area contributed by atoms with Crippen LogP contribution in [0.1, 0.15) is 11.5 Å². The highest BCUT2D eigenvalue weighted by atomic mass is 79.9. The molecule has 2 heterocycles. The van der Waals surface area contributed by atoms with Gasteiger partial charge in [0.25, 0.3) is 0 Å². The Morgan fingerprint density at radius 2 is 2.38 bits per heavy atom. The Labute approximate surface area is 85.2 Å². The summed E-state index contributed by atoms with van der Waals surface area (Å²) in [5, 5.41) is 0. The number of nitrogens with zero attached hydrogens (tertiary/aromatic N) is 1. The Morgan fingerprint density at radius 1 is 1.62 bits per heavy atom. The molecule has 1 aromatic heterocycles. The van der Waals surface area contributed by atoms with Crippen molar-refractivity contribution in [1.82, 2.24) is 4.98 Å². The van der Waals surface area contributed by atoms with Crippen molar-refractivity contribution in [2.75, 3.05) is 20.3 Å². The molecule has 70 valence electrons. The first kappa shape index (κ1) is 8.97. The molecule has 0 saturated carbocycles. The molecule has 0 spiro atoms. The summed E-state index contributed by atoms with van der Waals surface area (Å²) < 4.78 is 11.3. The summed E-state index contributed by atoms with van der Waals surface area (Å²) >= 11 is 3.39. The molecule has 1 fully saturated rings. The second-order valence-electron chi connectivity index (χ2n) is 2.99. The fourth-order valence-corrected chi connectivity index (χ4v) is 1.67. The standard InChI is InChI=1S/C9H10BrNO2/c1-12-9-8(6-4-13-5-6)2-7(10)3-11-9/h2-3,6H,4-5H2,1H3. The lowest BCUT2D eigenvalue weighted by Crippen LogP contribution is -2.25. The number of rotatable bonds is 2. The van der Waals surface area contributed by atoms with Crippen LogP contribution >= 0.6 is 15.9 Å². The zero-order valence-electron chi connectivity index (χ0n) is 7.29. The Bertz CT molecular complexity index is 312. The molecule has 13 heavy (non-hydrogen) atoms. The zero-order chi connectivity index (χ0) is 9.26. The third kappa shape index (κ3) is 1.69. The van der Waals surface area contributed by atoms with Gasteiger partial charge in [0.1, 0.15) is 0 Å². The molecule has 1 aromatic rings. The van der Waals surface area contributed by atoms with Crippen LogP contribution in [0.5, 0.6) is 5.88 Å². The molecule has 0 N–H and O–H groups in total. The van der Waals surface area contributed by atoms with Gasteiger partial charge in [-0.1, -0.05) is 0 Å². The van der Waals surface area contributed by atoms with Gasteiger partial charge in [0, 0.05) is 22.2 Å². The van der Waals surface area contributed by atoms with E-state index in [1.165, 1.54) is 0 Å². The van der Waals surface area contributed by atoms with Crippen LogP contribution in [-0.4, -0.2) is 25.3 Å². The van der Waals surface area contributed by atoms with Crippen LogP contribution in [0.2, 0.25) is 0 Å². The van der Waals surface area contributed by atoms with Gasteiger partial charge in [-0.05, 0) is 22.0 Å². The molecular formula is C9H10BrNO2. The highest BCUT2D eigenvalue weighted by molar-refractivity contribution is 9.10. The van der Waals surface area contributed by atoms with Gasteiger partial charge in [0.15, 0.2) is 0 Å². The van der Waals surface area contributed by atoms with Crippen molar-refractivity contribution >= 4 is 15.9 Å². The summed E-state index contributed by atoms with van der Waals surface area (Å²) in [5.41, 5.74) is 1.13. The third-order valence-electron chi connectivity index (χ3n) is 2.12. The lowest BCUT2D eigenvalue weighted by Gasteiger charge is -2.27. The Kier molecular flexibility index (Phi) is 2.51. The maximum atomic E-state index is 5.17. The first-order valence-electron chi connectivity index (χ1n) is 4.08. The van der Waals surface area contributed by atoms with E-state index in [4.69, 9.17) is 9.47 Å². The van der Waals surface area contributed by atoms with E-state index >= 15 is 0 Å². The monoisotopic (exact) mass is 243 g/mol. The van der Waals surface area contributed by atoms with Crippen LogP contribution in [0, 0.1) is 0 Å². The molecule has 0 bridgehead atoms. The minimum absolute atomic E-state index is 0.444. The van der Waals surface area contributed by atoms with Gasteiger partial charge in [-0.25, -0.2) is 4.98 Å². The van der Waals surface area contributed by atoms with Gasteiger partial charge in [-0.15, -0.1) is 0 Å². The number of aromatic nitrogens is 1. The van der Waals surface area contributed by atoms with Gasteiger partial charge in [0.05, 0.1) is 20.3 Å². The lowest BCUT2D eigenvalue weighted by molar-refractivity contribution is 0.00727. The minimum Gasteiger partial charge on any atom is -0.481 e. The summed E-state index contributed by atoms with van der Waals surface area (Å²) in [5.74, 6) is 1.15. The van der Waals surface area contributed by atoms with Crippen molar-refractivity contribution in [2.24, 2.45) is 0 Å². The van der Waals surface area contributed by atoms with E-state index in [0.29, 0.717) is 11.8 Å². The summed E-state index contributed by atoms with van der Waals surface area (Å²) in [6.45, 7) is 1.54. The molecule has 0 atom stereocenters. The van der Waals surface area contributed by atoms with Crippen molar-refractivity contribution in [3.05, 3.63) is 22.3 Å². The largest absolute Gasteiger partial charge is 0.481 e. The molecule has 0 aromatic carbocycles. The average Bonchev–Trinajstić information content (AvgIpc) is 2.02. The van der Waals surface area contributed by atoms with Crippen LogP contribution in [0.4, 0.5) is 0 Å². The van der Waals surface area contributed by atoms with Crippen molar-refractivity contribution in [3.8, 4) is 5.88 Å². The maximum absolute atomic E-state index is 5.17. The van der Waals surface area contributed by atoms with E-state index in [0.717, 1.165) is 23.2 Å². The molecular weight excluding hydrogens is 234 g/mol. The van der Waals surface area contributed by atoms with Crippen LogP contribution in [0.15, 0.2) is 16.7 Å². The number of hydrogen-bond acceptors (Lipinski definition) is 3. The van der Waals surface area contributed by atoms with Crippen molar-refractivity contribution in [1.29, 1.82) is 0 Å². The summed E-state index contributed by atoms with van der Waals surface area (Å²) in [6.07, 6.45) is 1.74. The number of halogens is 1. The van der Waals surface area contributed by atoms with Gasteiger partial charge >= 0.3 is 0 Å². The molecule has 1 aliphatic rings. The molecule has 1 saturated heterocycles. The Hall–Kier alpha value is -0.610. The molecule has 1 aliphatic heterocycles. The first-order valence-corrected chi connectivity index (χ1v) is 4.87. The van der Waals surface area contributed by atoms with Gasteiger partial charge < -0.3 is 9.47 Å². The van der Waals surface area contributed by atoms with E-state index in [-0.39, 0.29) is 0 Å². The minimum atomic E-state index is 0.444. The van der Waals surface area contributed by atoms with E-state index in [1.807, 2.05) is 6.07 Å². The highest BCUT2D eigenvalue weighted by Gasteiger charge is 2.24. The van der Waals surface area contributed by atoms with Crippen molar-refractivity contribution in [3.63, 3.8) is 0 Å². The fourth-order valence-electron chi connectivity index (χ4n) is 1.32. The molecule has 3 nitrogen and oxygen atoms in total. The summed E-state index contributed by atoms with van der Waals surface area (Å²) in [7, 11) is 1.64. The predicted molar refractivity (Wildman–Crippen MR) is 52.0 cm³/mol. The van der Waals surface area contributed by atoms with Crippen LogP contribution in [0.25, 0.3) is 0 Å². The lowest BCUT2D eigenvalue weighted by atomic mass is 9.99. The summed E-state index contributed by atoms with van der Waals surface area (Å²) in [6, 6.07) is 2.04. The van der Waals surface area contributed by atoms with Crippen LogP contribution in [0.3, 0.4) is 0 Å². The third-order valence-corrected chi connectivity index (χ3v) is 2.55. The van der Waals surface area contributed by atoms with E-state index < -0.39 is 0 Å². The van der Waals surface area contributed by atoms with Gasteiger partial charge in [0.2, 0.25) is 5.88 Å². The molecule has 0 unspecified atom stereocenters. The van der Waals surface area contributed by atoms with Crippen LogP contribution in [-0.2, 0) is 4.74 Å². The average molecular weight is 244 g/mol. The predicted octanol–water partition coefficient (Wildman–Crippen LogP) is 1.97. The Balaban J connectivity index is 2.33. The fraction of sp³-hybridized carbons (Fsp3) is 0.444. The van der Waals surface area contributed by atoms with Gasteiger partial charge in [-0.3, -0.25) is 0 Å². The normalized spacial score (nSPS) is 16.8. The van der Waals surface area contributed by atoms with Crippen LogP contribution < -0.4 is 4.74 Å². The maximum Gasteiger partial charge on any atom is 0.216 e. The van der Waals surface area contributed by atoms with E-state index in [9.17, 15) is 0 Å². The molecule has 2 rings (SSSR count). The quantitative estimate of drug-likeness (QED) is 0.796.